The van der Waals surface area contributed by atoms with Crippen molar-refractivity contribution in [2.24, 2.45) is 0 Å². The van der Waals surface area contributed by atoms with Gasteiger partial charge >= 0.3 is 0 Å². The fraction of sp³-hybridized carbons (Fsp3) is 0.417. The summed E-state index contributed by atoms with van der Waals surface area (Å²) in [5, 5.41) is 0. The number of benzene rings is 2. The third kappa shape index (κ3) is 3.91. The summed E-state index contributed by atoms with van der Waals surface area (Å²) in [4.78, 5) is 32.5. The molecule has 0 saturated carbocycles. The molecule has 0 bridgehead atoms. The van der Waals surface area contributed by atoms with Crippen LogP contribution >= 0.6 is 0 Å². The van der Waals surface area contributed by atoms with Crippen LogP contribution in [0.4, 0.5) is 10.1 Å². The lowest BCUT2D eigenvalue weighted by Crippen LogP contribution is -2.57. The average molecular weight is 410 g/mol. The van der Waals surface area contributed by atoms with Crippen LogP contribution in [-0.2, 0) is 4.79 Å². The molecular weight excluding hydrogens is 381 g/mol. The van der Waals surface area contributed by atoms with E-state index in [1.54, 1.807) is 29.2 Å². The van der Waals surface area contributed by atoms with E-state index in [0.29, 0.717) is 38.2 Å². The summed E-state index contributed by atoms with van der Waals surface area (Å²) < 4.78 is 13.2. The minimum absolute atomic E-state index is 0.0326. The minimum atomic E-state index is -0.808. The predicted molar refractivity (Wildman–Crippen MR) is 115 cm³/mol. The SMILES string of the molecule is CC1(C(=O)N2CCCN(c3ccc(F)cc3)CC2)CCCN1C(=O)c1ccccc1. The lowest BCUT2D eigenvalue weighted by atomic mass is 9.95. The van der Waals surface area contributed by atoms with Gasteiger partial charge in [-0.15, -0.1) is 0 Å². The summed E-state index contributed by atoms with van der Waals surface area (Å²) in [5.74, 6) is -0.292. The Hall–Kier alpha value is -2.89. The van der Waals surface area contributed by atoms with Gasteiger partial charge in [-0.05, 0) is 62.6 Å². The fourth-order valence-corrected chi connectivity index (χ4v) is 4.62. The largest absolute Gasteiger partial charge is 0.370 e. The number of carbonyl (C=O) groups excluding carboxylic acids is 2. The number of amides is 2. The minimum Gasteiger partial charge on any atom is -0.370 e. The van der Waals surface area contributed by atoms with Crippen LogP contribution < -0.4 is 4.90 Å². The second-order valence-electron chi connectivity index (χ2n) is 8.31. The highest BCUT2D eigenvalue weighted by Crippen LogP contribution is 2.33. The van der Waals surface area contributed by atoms with Crippen LogP contribution in [0.1, 0.15) is 36.5 Å². The number of halogens is 1. The normalized spacial score (nSPS) is 22.1. The Morgan fingerprint density at radius 2 is 1.60 bits per heavy atom. The lowest BCUT2D eigenvalue weighted by molar-refractivity contribution is -0.140. The van der Waals surface area contributed by atoms with Gasteiger partial charge in [-0.2, -0.15) is 0 Å². The molecule has 0 spiro atoms. The first kappa shape index (κ1) is 20.4. The monoisotopic (exact) mass is 409 g/mol. The first-order chi connectivity index (χ1) is 14.5. The van der Waals surface area contributed by atoms with Crippen molar-refractivity contribution in [1.29, 1.82) is 0 Å². The van der Waals surface area contributed by atoms with Crippen molar-refractivity contribution in [3.05, 3.63) is 66.0 Å². The van der Waals surface area contributed by atoms with Gasteiger partial charge in [-0.1, -0.05) is 18.2 Å². The third-order valence-corrected chi connectivity index (χ3v) is 6.34. The fourth-order valence-electron chi connectivity index (χ4n) is 4.62. The van der Waals surface area contributed by atoms with Crippen molar-refractivity contribution >= 4 is 17.5 Å². The molecule has 0 aliphatic carbocycles. The smallest absolute Gasteiger partial charge is 0.254 e. The second-order valence-corrected chi connectivity index (χ2v) is 8.31. The summed E-state index contributed by atoms with van der Waals surface area (Å²) in [6.45, 7) is 5.29. The van der Waals surface area contributed by atoms with Crippen LogP contribution in [0.3, 0.4) is 0 Å². The first-order valence-electron chi connectivity index (χ1n) is 10.7. The molecule has 5 nitrogen and oxygen atoms in total. The molecule has 2 heterocycles. The zero-order valence-corrected chi connectivity index (χ0v) is 17.4. The maximum Gasteiger partial charge on any atom is 0.254 e. The molecule has 2 saturated heterocycles. The molecule has 2 aromatic carbocycles. The van der Waals surface area contributed by atoms with Gasteiger partial charge in [-0.3, -0.25) is 9.59 Å². The predicted octanol–water partition coefficient (Wildman–Crippen LogP) is 3.56. The van der Waals surface area contributed by atoms with Crippen LogP contribution in [0.5, 0.6) is 0 Å². The summed E-state index contributed by atoms with van der Waals surface area (Å²) >= 11 is 0. The Morgan fingerprint density at radius 1 is 0.867 bits per heavy atom. The van der Waals surface area contributed by atoms with Gasteiger partial charge in [0, 0.05) is 44.0 Å². The van der Waals surface area contributed by atoms with E-state index in [0.717, 1.165) is 25.1 Å². The summed E-state index contributed by atoms with van der Waals surface area (Å²) in [6.07, 6.45) is 2.35. The van der Waals surface area contributed by atoms with Crippen molar-refractivity contribution in [1.82, 2.24) is 9.80 Å². The Bertz CT molecular complexity index is 902. The Kier molecular flexibility index (Phi) is 5.75. The Balaban J connectivity index is 1.47. The molecule has 0 N–H and O–H groups in total. The van der Waals surface area contributed by atoms with Crippen LogP contribution in [0.2, 0.25) is 0 Å². The molecule has 1 atom stereocenters. The van der Waals surface area contributed by atoms with Crippen LogP contribution in [0, 0.1) is 5.82 Å². The van der Waals surface area contributed by atoms with Gasteiger partial charge in [0.2, 0.25) is 5.91 Å². The molecule has 2 aromatic rings. The molecular formula is C24H28FN3O2. The lowest BCUT2D eigenvalue weighted by Gasteiger charge is -2.38. The standard InChI is InChI=1S/C24H28FN3O2/c1-24(13-5-16-28(24)22(29)19-7-3-2-4-8-19)23(30)27-15-6-14-26(17-18-27)21-11-9-20(25)10-12-21/h2-4,7-12H,5-6,13-18H2,1H3. The van der Waals surface area contributed by atoms with Gasteiger partial charge in [0.25, 0.3) is 5.91 Å². The van der Waals surface area contributed by atoms with Crippen molar-refractivity contribution < 1.29 is 14.0 Å². The van der Waals surface area contributed by atoms with Crippen molar-refractivity contribution in [2.45, 2.75) is 31.7 Å². The number of anilines is 1. The molecule has 2 fully saturated rings. The van der Waals surface area contributed by atoms with Gasteiger partial charge < -0.3 is 14.7 Å². The van der Waals surface area contributed by atoms with E-state index in [1.807, 2.05) is 30.0 Å². The topological polar surface area (TPSA) is 43.9 Å². The average Bonchev–Trinajstić information content (AvgIpc) is 3.01. The molecule has 2 aliphatic rings. The van der Waals surface area contributed by atoms with Gasteiger partial charge in [-0.25, -0.2) is 4.39 Å². The maximum atomic E-state index is 13.6. The summed E-state index contributed by atoms with van der Waals surface area (Å²) in [6, 6.07) is 15.7. The summed E-state index contributed by atoms with van der Waals surface area (Å²) in [7, 11) is 0. The van der Waals surface area contributed by atoms with Gasteiger partial charge in [0.15, 0.2) is 0 Å². The van der Waals surface area contributed by atoms with Gasteiger partial charge in [0.1, 0.15) is 11.4 Å². The molecule has 2 amide bonds. The maximum absolute atomic E-state index is 13.6. The molecule has 30 heavy (non-hydrogen) atoms. The highest BCUT2D eigenvalue weighted by Gasteiger charge is 2.47. The highest BCUT2D eigenvalue weighted by atomic mass is 19.1. The van der Waals surface area contributed by atoms with E-state index in [1.165, 1.54) is 12.1 Å². The zero-order chi connectivity index (χ0) is 21.1. The Labute approximate surface area is 177 Å². The number of rotatable bonds is 3. The molecule has 158 valence electrons. The van der Waals surface area contributed by atoms with Crippen LogP contribution in [0.25, 0.3) is 0 Å². The molecule has 0 radical (unpaired) electrons. The van der Waals surface area contributed by atoms with Gasteiger partial charge in [0.05, 0.1) is 0 Å². The Morgan fingerprint density at radius 3 is 2.33 bits per heavy atom. The zero-order valence-electron chi connectivity index (χ0n) is 17.4. The van der Waals surface area contributed by atoms with Crippen molar-refractivity contribution in [3.8, 4) is 0 Å². The van der Waals surface area contributed by atoms with Crippen LogP contribution in [-0.4, -0.2) is 59.9 Å². The van der Waals surface area contributed by atoms with E-state index >= 15 is 0 Å². The van der Waals surface area contributed by atoms with E-state index in [4.69, 9.17) is 0 Å². The van der Waals surface area contributed by atoms with E-state index < -0.39 is 5.54 Å². The van der Waals surface area contributed by atoms with Crippen molar-refractivity contribution in [3.63, 3.8) is 0 Å². The molecule has 1 unspecified atom stereocenters. The summed E-state index contributed by atoms with van der Waals surface area (Å²) in [5.41, 5.74) is 0.785. The highest BCUT2D eigenvalue weighted by molar-refractivity contribution is 5.99. The third-order valence-electron chi connectivity index (χ3n) is 6.34. The van der Waals surface area contributed by atoms with E-state index in [9.17, 15) is 14.0 Å². The molecule has 0 aromatic heterocycles. The van der Waals surface area contributed by atoms with E-state index in [-0.39, 0.29) is 17.6 Å². The first-order valence-corrected chi connectivity index (χ1v) is 10.7. The number of carbonyl (C=O) groups is 2. The van der Waals surface area contributed by atoms with E-state index in [2.05, 4.69) is 4.90 Å². The van der Waals surface area contributed by atoms with Crippen LogP contribution in [0.15, 0.2) is 54.6 Å². The molecule has 2 aliphatic heterocycles. The quantitative estimate of drug-likeness (QED) is 0.779. The molecule has 6 heteroatoms. The number of hydrogen-bond donors (Lipinski definition) is 0. The molecule has 4 rings (SSSR count). The van der Waals surface area contributed by atoms with Crippen molar-refractivity contribution in [2.75, 3.05) is 37.6 Å². The number of likely N-dealkylation sites (tertiary alicyclic amines) is 1. The second kappa shape index (κ2) is 8.46. The number of nitrogens with zero attached hydrogens (tertiary/aromatic N) is 3. The number of hydrogen-bond acceptors (Lipinski definition) is 3.